The number of aromatic nitrogens is 2. The minimum absolute atomic E-state index is 0.0299. The summed E-state index contributed by atoms with van der Waals surface area (Å²) in [4.78, 5) is 286. The lowest BCUT2D eigenvalue weighted by molar-refractivity contribution is -0.149. The van der Waals surface area contributed by atoms with Gasteiger partial charge in [-0.25, -0.2) is 0 Å². The normalized spacial score (nSPS) is 25.0. The van der Waals surface area contributed by atoms with E-state index < -0.39 is 266 Å². The van der Waals surface area contributed by atoms with E-state index in [2.05, 4.69) is 63.1 Å². The molecule has 133 heavy (non-hydrogen) atoms. The first-order valence-electron chi connectivity index (χ1n) is 44.4. The van der Waals surface area contributed by atoms with E-state index in [4.69, 9.17) is 22.9 Å². The molecule has 0 aliphatic carbocycles. The summed E-state index contributed by atoms with van der Waals surface area (Å²) in [6.07, 6.45) is -1.60. The molecule has 0 spiro atoms. The summed E-state index contributed by atoms with van der Waals surface area (Å²) in [5.74, 6) is -21.2. The van der Waals surface area contributed by atoms with Crippen LogP contribution in [0.15, 0.2) is 85.2 Å². The number of aromatic amines is 2. The standard InChI is InChI=1S/C89H125N21O22S/c1-9-11-22-67-82(125)99-58(29-30-75(117)118)78(121)105-66(77(120)96-43-73(93)115)45-133-46-74(116)97-63(35-49-25-27-52(111)28-26-49)85(128)106(6)48(5)76(119)102-65(40-72(92)114)87(130)109-33-17-24-68(109)83(126)101-61(39-71(91)113)81(124)103-62(34-47(3)4)88(131)110-44-53(112)38-70(110)84(127)100-60(36-50-41-94-56-20-15-13-18-54(50)56)80(123)98-59(31-32-90)79(122)104-64(37-51-42-95-57-21-16-14-19-55(51)57)86(129)108(8)69(23-12-10-2)89(132)107(67)7/h13-16,18-21,25-28,41-42,47-48,53,58-70,94-95,111-112H,9-12,17,22-24,29-40,43-46,90H2,1-8H3,(H2,91,113)(H2,92,114)(H2,93,115)(H,96,120)(H,97,116)(H,98,123)(H,99,125)(H,100,127)(H,101,126)(H,102,119)(H,103,124)(H,104,122)(H,105,121)(H,117,118)/t48-,53+,58-,59-,60-,61-,62-,63-,64-,65+,66-,67-,68-,69-,70-/m0/s1. The lowest BCUT2D eigenvalue weighted by Crippen LogP contribution is -2.61. The second-order valence-electron chi connectivity index (χ2n) is 34.2. The van der Waals surface area contributed by atoms with Crippen molar-refractivity contribution in [2.45, 2.75) is 241 Å². The number of aromatic hydroxyl groups is 1. The van der Waals surface area contributed by atoms with Gasteiger partial charge in [-0.15, -0.1) is 11.8 Å². The average molecular weight is 1870 g/mol. The Labute approximate surface area is 772 Å². The van der Waals surface area contributed by atoms with Gasteiger partial charge in [0.2, 0.25) is 106 Å². The van der Waals surface area contributed by atoms with Gasteiger partial charge in [-0.1, -0.05) is 102 Å². The van der Waals surface area contributed by atoms with Crippen molar-refractivity contribution in [1.82, 2.24) is 87.6 Å². The van der Waals surface area contributed by atoms with E-state index in [0.717, 1.165) is 24.5 Å². The van der Waals surface area contributed by atoms with Gasteiger partial charge >= 0.3 is 5.97 Å². The molecule has 724 valence electrons. The van der Waals surface area contributed by atoms with Crippen LogP contribution in [-0.2, 0) is 110 Å². The number of hydrogen-bond donors (Lipinski definition) is 19. The number of nitrogens with two attached hydrogens (primary N) is 4. The quantitative estimate of drug-likeness (QED) is 0.0261. The third kappa shape index (κ3) is 29.6. The number of carbonyl (C=O) groups is 19. The Balaban J connectivity index is 1.20. The van der Waals surface area contributed by atoms with Gasteiger partial charge in [0.05, 0.1) is 31.2 Å². The average Bonchev–Trinajstić information content (AvgIpc) is 1.75. The third-order valence-electron chi connectivity index (χ3n) is 23.7. The van der Waals surface area contributed by atoms with Crippen LogP contribution in [0.4, 0.5) is 0 Å². The Hall–Kier alpha value is -13.3. The monoisotopic (exact) mass is 1870 g/mol. The number of nitrogens with zero attached hydrogens (tertiary/aromatic N) is 5. The summed E-state index contributed by atoms with van der Waals surface area (Å²) in [7, 11) is 3.81. The number of carboxylic acids is 1. The molecule has 44 heteroatoms. The molecule has 18 amide bonds. The number of thioether (sulfide) groups is 1. The molecule has 23 N–H and O–H groups in total. The molecule has 3 aliphatic heterocycles. The molecular formula is C89H125N21O22S. The number of likely N-dealkylation sites (N-methyl/N-ethyl adjacent to an activating group) is 3. The van der Waals surface area contributed by atoms with Crippen molar-refractivity contribution in [1.29, 1.82) is 0 Å². The summed E-state index contributed by atoms with van der Waals surface area (Å²) in [6, 6.07) is -3.07. The maximum absolute atomic E-state index is 15.8. The highest BCUT2D eigenvalue weighted by atomic mass is 32.2. The van der Waals surface area contributed by atoms with Crippen molar-refractivity contribution in [2.75, 3.05) is 58.8 Å². The number of nitrogens with one attached hydrogen (secondary N) is 12. The van der Waals surface area contributed by atoms with Crippen LogP contribution in [0.2, 0.25) is 0 Å². The van der Waals surface area contributed by atoms with E-state index in [0.29, 0.717) is 69.5 Å². The van der Waals surface area contributed by atoms with Crippen molar-refractivity contribution >= 4 is 146 Å². The molecule has 0 radical (unpaired) electrons. The lowest BCUT2D eigenvalue weighted by Gasteiger charge is -2.36. The number of fused-ring (bicyclic) bond motifs is 4. The van der Waals surface area contributed by atoms with E-state index in [9.17, 15) is 72.9 Å². The van der Waals surface area contributed by atoms with Crippen molar-refractivity contribution < 1.29 is 106 Å². The van der Waals surface area contributed by atoms with Crippen molar-refractivity contribution in [2.24, 2.45) is 28.9 Å². The SMILES string of the molecule is CCCC[C@H]1C(=O)N(C)[C@@H](CCCC)C(=O)N[C@@H](CCC(=O)O)C(=O)N[C@H](C(=O)NCC(N)=O)CSCC(=O)N[C@@H](Cc2ccc(O)cc2)C(=O)N(C)[C@@H](C)C(=O)N[C@H](CC(N)=O)C(=O)N2CCC[C@H]2C(=O)N[C@@H](CC(N)=O)C(=O)N[C@@H](CC(C)C)C(=O)N2C[C@H](O)C[C@H]2C(=O)N[C@@H](Cc2c[nH]c3ccccc23)C(=O)N[C@@H](CCN)C(=O)N[C@@H](Cc2c[nH]c3ccccc23)C(=O)N1C. The molecule has 3 aliphatic rings. The third-order valence-corrected chi connectivity index (χ3v) is 24.7. The Morgan fingerprint density at radius 2 is 1.02 bits per heavy atom. The number of primary amides is 3. The van der Waals surface area contributed by atoms with Crippen molar-refractivity contribution in [3.05, 3.63) is 102 Å². The molecule has 0 saturated carbocycles. The van der Waals surface area contributed by atoms with Crippen LogP contribution in [0.5, 0.6) is 5.75 Å². The predicted octanol–water partition coefficient (Wildman–Crippen LogP) is -3.06. The van der Waals surface area contributed by atoms with Crippen LogP contribution >= 0.6 is 11.8 Å². The number of phenols is 1. The number of carboxylic acid groups (broad SMARTS) is 1. The molecule has 8 rings (SSSR count). The second-order valence-corrected chi connectivity index (χ2v) is 35.2. The molecule has 43 nitrogen and oxygen atoms in total. The Morgan fingerprint density at radius 1 is 0.519 bits per heavy atom. The first-order chi connectivity index (χ1) is 63.1. The van der Waals surface area contributed by atoms with E-state index >= 15 is 33.6 Å². The number of phenolic OH excluding ortho intramolecular Hbond substituents is 1. The molecule has 5 aromatic rings. The smallest absolute Gasteiger partial charge is 0.303 e. The molecule has 5 heterocycles. The largest absolute Gasteiger partial charge is 0.508 e. The van der Waals surface area contributed by atoms with Gasteiger partial charge in [0.25, 0.3) is 0 Å². The molecule has 2 aromatic heterocycles. The highest BCUT2D eigenvalue weighted by Gasteiger charge is 2.47. The first-order valence-corrected chi connectivity index (χ1v) is 45.6. The number of hydrogen-bond acceptors (Lipinski definition) is 23. The zero-order valence-electron chi connectivity index (χ0n) is 75.8. The van der Waals surface area contributed by atoms with E-state index in [1.54, 1.807) is 81.7 Å². The summed E-state index contributed by atoms with van der Waals surface area (Å²) >= 11 is 0.700. The van der Waals surface area contributed by atoms with Crippen molar-refractivity contribution in [3.8, 4) is 5.75 Å². The molecule has 0 bridgehead atoms. The van der Waals surface area contributed by atoms with Crippen molar-refractivity contribution in [3.63, 3.8) is 0 Å². The van der Waals surface area contributed by atoms with Crippen LogP contribution < -0.4 is 76.1 Å². The first kappa shape index (κ1) is 105. The van der Waals surface area contributed by atoms with E-state index in [-0.39, 0.29) is 83.0 Å². The predicted molar refractivity (Wildman–Crippen MR) is 486 cm³/mol. The Bertz CT molecular complexity index is 5050. The Morgan fingerprint density at radius 3 is 1.61 bits per heavy atom. The van der Waals surface area contributed by atoms with Crippen LogP contribution in [0, 0.1) is 5.92 Å². The van der Waals surface area contributed by atoms with Gasteiger partial charge in [-0.05, 0) is 105 Å². The number of aliphatic hydroxyl groups is 1. The molecular weight excluding hydrogens is 1750 g/mol. The van der Waals surface area contributed by atoms with Gasteiger partial charge in [0, 0.05) is 106 Å². The van der Waals surface area contributed by atoms with Crippen LogP contribution in [0.3, 0.4) is 0 Å². The second kappa shape index (κ2) is 49.8. The van der Waals surface area contributed by atoms with Gasteiger partial charge in [0.1, 0.15) is 90.3 Å². The summed E-state index contributed by atoms with van der Waals surface area (Å²) < 4.78 is 0. The molecule has 0 unspecified atom stereocenters. The van der Waals surface area contributed by atoms with Crippen LogP contribution in [0.25, 0.3) is 21.8 Å². The fraction of sp³-hybridized carbons (Fsp3) is 0.539. The number of H-pyrrole nitrogens is 2. The minimum atomic E-state index is -1.87. The number of benzene rings is 3. The summed E-state index contributed by atoms with van der Waals surface area (Å²) in [5.41, 5.74) is 25.6. The van der Waals surface area contributed by atoms with Gasteiger partial charge < -0.3 is 126 Å². The molecule has 15 atom stereocenters. The van der Waals surface area contributed by atoms with Gasteiger partial charge in [-0.3, -0.25) is 91.1 Å². The van der Waals surface area contributed by atoms with E-state index in [1.807, 2.05) is 6.92 Å². The summed E-state index contributed by atoms with van der Waals surface area (Å²) in [6.45, 7) is 6.54. The molecule has 3 aromatic carbocycles. The maximum atomic E-state index is 15.8. The Kier molecular flexibility index (Phi) is 39.4. The highest BCUT2D eigenvalue weighted by molar-refractivity contribution is 8.00. The lowest BCUT2D eigenvalue weighted by atomic mass is 9.99. The number of para-hydroxylation sites is 2. The molecule has 3 fully saturated rings. The highest BCUT2D eigenvalue weighted by Crippen LogP contribution is 2.28. The zero-order valence-corrected chi connectivity index (χ0v) is 76.7. The number of carbonyl (C=O) groups excluding carboxylic acids is 18. The van der Waals surface area contributed by atoms with Gasteiger partial charge in [0.15, 0.2) is 0 Å². The number of amides is 18. The van der Waals surface area contributed by atoms with Crippen LogP contribution in [-0.4, -0.2) is 312 Å². The van der Waals surface area contributed by atoms with E-state index in [1.165, 1.54) is 52.3 Å². The van der Waals surface area contributed by atoms with Crippen LogP contribution in [0.1, 0.15) is 148 Å². The number of aliphatic carboxylic acids is 1. The molecule has 3 saturated heterocycles. The fourth-order valence-electron chi connectivity index (χ4n) is 16.4. The fourth-order valence-corrected chi connectivity index (χ4v) is 17.2. The summed E-state index contributed by atoms with van der Waals surface area (Å²) in [5, 5.41) is 58.7. The zero-order chi connectivity index (χ0) is 97.8. The minimum Gasteiger partial charge on any atom is -0.508 e. The number of rotatable bonds is 26. The number of unbranched alkanes of at least 4 members (excludes halogenated alkanes) is 2. The number of aliphatic hydroxyl groups excluding tert-OH is 1. The topological polar surface area (TPSA) is 657 Å². The maximum Gasteiger partial charge on any atom is 0.303 e. The van der Waals surface area contributed by atoms with Gasteiger partial charge in [-0.2, -0.15) is 0 Å².